The number of aromatic nitrogens is 4. The van der Waals surface area contributed by atoms with Gasteiger partial charge < -0.3 is 26.0 Å². The largest absolute Gasteiger partial charge is 0.481 e. The molecular formula is C36H60N6O4. The van der Waals surface area contributed by atoms with Crippen molar-refractivity contribution in [3.8, 4) is 0 Å². The lowest BCUT2D eigenvalue weighted by atomic mass is 9.34. The van der Waals surface area contributed by atoms with Gasteiger partial charge in [0.05, 0.1) is 31.8 Å². The highest BCUT2D eigenvalue weighted by Gasteiger charge is 2.72. The molecule has 3 saturated carbocycles. The SMILES string of the molecule is CC(C)[C@H](N)CO[C@H]1[C@H](n2nnc(N)n2)CC23COC[C@@]1(C)[C@@H]2CC[C@H]1C3=CC[C@@]2(C)[C@H](C(=O)O)[C@@](C)([C@H](C)C(C)C)CC[C@]12C. The van der Waals surface area contributed by atoms with Gasteiger partial charge in [-0.25, -0.2) is 0 Å². The van der Waals surface area contributed by atoms with Crippen LogP contribution in [0.15, 0.2) is 11.6 Å². The molecule has 12 atom stereocenters. The van der Waals surface area contributed by atoms with Crippen molar-refractivity contribution in [1.82, 2.24) is 20.2 Å². The van der Waals surface area contributed by atoms with Crippen LogP contribution in [0.2, 0.25) is 0 Å². The zero-order chi connectivity index (χ0) is 33.6. The number of allylic oxidation sites excluding steroid dienone is 1. The van der Waals surface area contributed by atoms with Gasteiger partial charge in [-0.2, -0.15) is 4.80 Å². The number of hydrogen-bond acceptors (Lipinski definition) is 8. The molecule has 10 nitrogen and oxygen atoms in total. The van der Waals surface area contributed by atoms with Gasteiger partial charge in [-0.1, -0.05) is 79.1 Å². The van der Waals surface area contributed by atoms with E-state index in [0.29, 0.717) is 43.5 Å². The van der Waals surface area contributed by atoms with Gasteiger partial charge in [0.15, 0.2) is 0 Å². The minimum Gasteiger partial charge on any atom is -0.481 e. The van der Waals surface area contributed by atoms with Crippen LogP contribution in [0, 0.1) is 62.6 Å². The summed E-state index contributed by atoms with van der Waals surface area (Å²) in [6.07, 6.45) is 7.87. The molecule has 0 aromatic carbocycles. The van der Waals surface area contributed by atoms with Crippen LogP contribution in [-0.4, -0.2) is 63.2 Å². The van der Waals surface area contributed by atoms with Gasteiger partial charge in [0, 0.05) is 16.9 Å². The molecule has 10 heteroatoms. The van der Waals surface area contributed by atoms with Crippen LogP contribution in [0.3, 0.4) is 0 Å². The number of rotatable bonds is 8. The summed E-state index contributed by atoms with van der Waals surface area (Å²) in [6.45, 7) is 22.0. The van der Waals surface area contributed by atoms with Crippen molar-refractivity contribution in [2.45, 2.75) is 119 Å². The van der Waals surface area contributed by atoms with E-state index in [4.69, 9.17) is 20.9 Å². The Hall–Kier alpha value is -2.04. The fraction of sp³-hybridized carbons (Fsp3) is 0.889. The quantitative estimate of drug-likeness (QED) is 0.302. The van der Waals surface area contributed by atoms with Crippen LogP contribution in [-0.2, 0) is 14.3 Å². The van der Waals surface area contributed by atoms with Crippen molar-refractivity contribution in [1.29, 1.82) is 0 Å². The Morgan fingerprint density at radius 3 is 2.41 bits per heavy atom. The number of anilines is 1. The Kier molecular flexibility index (Phi) is 8.28. The van der Waals surface area contributed by atoms with Crippen molar-refractivity contribution in [2.75, 3.05) is 25.6 Å². The van der Waals surface area contributed by atoms with Crippen molar-refractivity contribution >= 4 is 11.9 Å². The summed E-state index contributed by atoms with van der Waals surface area (Å²) < 4.78 is 13.5. The second-order valence-corrected chi connectivity index (χ2v) is 17.7. The number of carbonyl (C=O) groups is 1. The molecule has 0 radical (unpaired) electrons. The molecule has 0 spiro atoms. The van der Waals surface area contributed by atoms with Crippen LogP contribution < -0.4 is 11.5 Å². The van der Waals surface area contributed by atoms with Gasteiger partial charge in [0.2, 0.25) is 0 Å². The van der Waals surface area contributed by atoms with Crippen LogP contribution in [0.25, 0.3) is 0 Å². The molecule has 5 N–H and O–H groups in total. The lowest BCUT2D eigenvalue weighted by molar-refractivity contribution is -0.252. The maximum atomic E-state index is 13.4. The molecule has 2 heterocycles. The smallest absolute Gasteiger partial charge is 0.307 e. The number of carboxylic acid groups (broad SMARTS) is 1. The Morgan fingerprint density at radius 2 is 1.80 bits per heavy atom. The number of nitrogens with two attached hydrogens (primary N) is 2. The molecule has 1 saturated heterocycles. The lowest BCUT2D eigenvalue weighted by Crippen LogP contribution is -2.69. The van der Waals surface area contributed by atoms with Crippen molar-refractivity contribution < 1.29 is 19.4 Å². The fourth-order valence-electron chi connectivity index (χ4n) is 11.9. The zero-order valence-electron chi connectivity index (χ0n) is 29.8. The number of tetrazole rings is 1. The summed E-state index contributed by atoms with van der Waals surface area (Å²) in [5, 5.41) is 24.0. The van der Waals surface area contributed by atoms with E-state index < -0.39 is 11.9 Å². The van der Waals surface area contributed by atoms with E-state index in [0.717, 1.165) is 38.5 Å². The van der Waals surface area contributed by atoms with Gasteiger partial charge in [-0.3, -0.25) is 4.79 Å². The molecule has 2 bridgehead atoms. The second-order valence-electron chi connectivity index (χ2n) is 17.7. The van der Waals surface area contributed by atoms with Crippen LogP contribution in [0.5, 0.6) is 0 Å². The number of nitrogens with zero attached hydrogens (tertiary/aromatic N) is 4. The van der Waals surface area contributed by atoms with Crippen LogP contribution >= 0.6 is 0 Å². The lowest BCUT2D eigenvalue weighted by Gasteiger charge is -2.71. The van der Waals surface area contributed by atoms with Crippen LogP contribution in [0.1, 0.15) is 107 Å². The maximum Gasteiger partial charge on any atom is 0.307 e. The molecule has 1 unspecified atom stereocenters. The average molecular weight is 641 g/mol. The van der Waals surface area contributed by atoms with Crippen molar-refractivity contribution in [2.24, 2.45) is 68.3 Å². The van der Waals surface area contributed by atoms with E-state index in [1.807, 2.05) is 0 Å². The minimum atomic E-state index is -0.632. The third-order valence-electron chi connectivity index (χ3n) is 15.2. The van der Waals surface area contributed by atoms with Gasteiger partial charge in [0.25, 0.3) is 5.95 Å². The van der Waals surface area contributed by atoms with E-state index in [-0.39, 0.29) is 57.1 Å². The maximum absolute atomic E-state index is 13.4. The fourth-order valence-corrected chi connectivity index (χ4v) is 11.9. The van der Waals surface area contributed by atoms with Crippen molar-refractivity contribution in [3.05, 3.63) is 11.6 Å². The van der Waals surface area contributed by atoms with Gasteiger partial charge in [-0.15, -0.1) is 5.10 Å². The summed E-state index contributed by atoms with van der Waals surface area (Å²) in [4.78, 5) is 15.1. The van der Waals surface area contributed by atoms with E-state index >= 15 is 0 Å². The monoisotopic (exact) mass is 640 g/mol. The number of nitrogen functional groups attached to an aromatic ring is 1. The van der Waals surface area contributed by atoms with E-state index in [9.17, 15) is 9.90 Å². The molecular weight excluding hydrogens is 580 g/mol. The first-order valence-corrected chi connectivity index (χ1v) is 17.9. The summed E-state index contributed by atoms with van der Waals surface area (Å²) in [5.41, 5.74) is 12.7. The van der Waals surface area contributed by atoms with Gasteiger partial charge in [-0.05, 0) is 89.6 Å². The second kappa shape index (κ2) is 11.3. The minimum absolute atomic E-state index is 0.0822. The summed E-state index contributed by atoms with van der Waals surface area (Å²) >= 11 is 0. The third-order valence-corrected chi connectivity index (χ3v) is 15.2. The predicted octanol–water partition coefficient (Wildman–Crippen LogP) is 5.75. The molecule has 0 amide bonds. The molecule has 1 aliphatic heterocycles. The average Bonchev–Trinajstić information content (AvgIpc) is 3.41. The summed E-state index contributed by atoms with van der Waals surface area (Å²) in [6, 6.07) is -0.260. The Labute approximate surface area is 275 Å². The first-order chi connectivity index (χ1) is 21.5. The van der Waals surface area contributed by atoms with Gasteiger partial charge >= 0.3 is 5.97 Å². The normalized spacial score (nSPS) is 45.0. The van der Waals surface area contributed by atoms with Gasteiger partial charge in [0.1, 0.15) is 6.04 Å². The van der Waals surface area contributed by atoms with E-state index in [2.05, 4.69) is 83.8 Å². The summed E-state index contributed by atoms with van der Waals surface area (Å²) in [5.74, 6) is 0.780. The molecule has 1 aromatic heterocycles. The third kappa shape index (κ3) is 4.58. The molecule has 258 valence electrons. The van der Waals surface area contributed by atoms with E-state index in [1.165, 1.54) is 5.57 Å². The highest BCUT2D eigenvalue weighted by atomic mass is 16.5. The molecule has 46 heavy (non-hydrogen) atoms. The molecule has 4 fully saturated rings. The number of carboxylic acids is 1. The Balaban J connectivity index is 1.44. The Morgan fingerprint density at radius 1 is 1.09 bits per heavy atom. The first kappa shape index (κ1) is 33.8. The molecule has 5 aliphatic rings. The molecule has 1 aromatic rings. The molecule has 4 aliphatic carbocycles. The zero-order valence-corrected chi connectivity index (χ0v) is 29.8. The van der Waals surface area contributed by atoms with E-state index in [1.54, 1.807) is 4.80 Å². The topological polar surface area (TPSA) is 151 Å². The number of aliphatic carboxylic acids is 1. The first-order valence-electron chi connectivity index (χ1n) is 17.9. The Bertz CT molecular complexity index is 1360. The number of ether oxygens (including phenoxy) is 2. The summed E-state index contributed by atoms with van der Waals surface area (Å²) in [7, 11) is 0. The predicted molar refractivity (Wildman–Crippen MR) is 177 cm³/mol. The highest BCUT2D eigenvalue weighted by molar-refractivity contribution is 5.73. The van der Waals surface area contributed by atoms with Crippen LogP contribution in [0.4, 0.5) is 5.95 Å². The number of fused-ring (bicyclic) bond motifs is 3. The number of hydrogen-bond donors (Lipinski definition) is 3. The standard InChI is InChI=1S/C36H60N6O4/c1-20(2)22(5)32(6)14-15-34(8)23-10-11-27-33(7)18-45-19-36(27,24(23)12-13-35(34,9)28(32)30(43)44)16-26(42-40-31(38)39-41-42)29(33)46-17-25(37)21(3)4/h12,20-23,25-29H,10-11,13-19,37H2,1-9H3,(H2,38,40)(H,43,44)/t22-,23+,25-,26-,27+,28-,29+,32-,33+,34-,35+,36?/m1/s1. The van der Waals surface area contributed by atoms with Crippen molar-refractivity contribution in [3.63, 3.8) is 0 Å². The molecule has 6 rings (SSSR count). The highest BCUT2D eigenvalue weighted by Crippen LogP contribution is 2.75.